The van der Waals surface area contributed by atoms with Gasteiger partial charge in [0.15, 0.2) is 5.82 Å². The predicted octanol–water partition coefficient (Wildman–Crippen LogP) is 3.65. The zero-order valence-electron chi connectivity index (χ0n) is 20.9. The number of benzene rings is 2. The minimum absolute atomic E-state index is 0.503. The third-order valence-electron chi connectivity index (χ3n) is 7.64. The second kappa shape index (κ2) is 10.4. The molecule has 0 amide bonds. The highest BCUT2D eigenvalue weighted by Gasteiger charge is 2.26. The van der Waals surface area contributed by atoms with Crippen molar-refractivity contribution in [3.63, 3.8) is 0 Å². The Morgan fingerprint density at radius 1 is 0.889 bits per heavy atom. The van der Waals surface area contributed by atoms with Crippen molar-refractivity contribution in [3.05, 3.63) is 77.6 Å². The molecule has 1 aromatic heterocycles. The quantitative estimate of drug-likeness (QED) is 0.579. The summed E-state index contributed by atoms with van der Waals surface area (Å²) in [5.74, 6) is 2.72. The Morgan fingerprint density at radius 2 is 1.61 bits per heavy atom. The number of ether oxygens (including phenoxy) is 1. The van der Waals surface area contributed by atoms with Crippen LogP contribution in [0.2, 0.25) is 0 Å². The molecule has 7 nitrogen and oxygen atoms in total. The fourth-order valence-electron chi connectivity index (χ4n) is 5.26. The first-order valence-corrected chi connectivity index (χ1v) is 13.1. The summed E-state index contributed by atoms with van der Waals surface area (Å²) < 4.78 is 5.26. The number of aromatic nitrogens is 2. The minimum Gasteiger partial charge on any atom is -0.378 e. The van der Waals surface area contributed by atoms with Crippen molar-refractivity contribution in [3.8, 4) is 0 Å². The van der Waals surface area contributed by atoms with Crippen LogP contribution in [0.4, 0.5) is 5.82 Å². The summed E-state index contributed by atoms with van der Waals surface area (Å²) >= 11 is 0. The third kappa shape index (κ3) is 4.86. The van der Waals surface area contributed by atoms with E-state index in [1.165, 1.54) is 27.7 Å². The molecular weight excluding hydrogens is 448 g/mol. The van der Waals surface area contributed by atoms with Crippen LogP contribution in [0.5, 0.6) is 0 Å². The molecule has 6 rings (SSSR count). The Balaban J connectivity index is 1.13. The van der Waals surface area contributed by atoms with Crippen LogP contribution in [-0.4, -0.2) is 72.9 Å². The van der Waals surface area contributed by atoms with E-state index in [-0.39, 0.29) is 0 Å². The first kappa shape index (κ1) is 23.1. The normalized spacial score (nSPS) is 20.8. The van der Waals surface area contributed by atoms with E-state index >= 15 is 0 Å². The number of amidine groups is 1. The third-order valence-corrected chi connectivity index (χ3v) is 7.64. The maximum atomic E-state index is 5.26. The highest BCUT2D eigenvalue weighted by Crippen LogP contribution is 2.29. The van der Waals surface area contributed by atoms with Gasteiger partial charge in [-0.05, 0) is 17.1 Å². The Kier molecular flexibility index (Phi) is 6.66. The van der Waals surface area contributed by atoms with E-state index in [9.17, 15) is 0 Å². The molecule has 4 heterocycles. The van der Waals surface area contributed by atoms with Crippen molar-refractivity contribution in [2.75, 3.05) is 50.8 Å². The summed E-state index contributed by atoms with van der Waals surface area (Å²) in [6.45, 7) is 8.63. The maximum Gasteiger partial charge on any atom is 0.159 e. The molecular formula is C29H34N6O. The molecule has 186 valence electrons. The fraction of sp³-hybridized carbons (Fsp3) is 0.414. The summed E-state index contributed by atoms with van der Waals surface area (Å²) in [6.07, 6.45) is 3.89. The van der Waals surface area contributed by atoms with Gasteiger partial charge in [-0.2, -0.15) is 5.10 Å². The van der Waals surface area contributed by atoms with E-state index in [0.29, 0.717) is 12.0 Å². The lowest BCUT2D eigenvalue weighted by molar-refractivity contribution is -0.00395. The van der Waals surface area contributed by atoms with Gasteiger partial charge in [0, 0.05) is 62.5 Å². The van der Waals surface area contributed by atoms with Crippen LogP contribution in [0, 0.1) is 5.92 Å². The monoisotopic (exact) mass is 482 g/mol. The van der Waals surface area contributed by atoms with E-state index in [4.69, 9.17) is 19.9 Å². The molecule has 0 saturated carbocycles. The Morgan fingerprint density at radius 3 is 2.33 bits per heavy atom. The van der Waals surface area contributed by atoms with Crippen LogP contribution in [-0.2, 0) is 11.2 Å². The largest absolute Gasteiger partial charge is 0.378 e. The van der Waals surface area contributed by atoms with Crippen LogP contribution in [0.3, 0.4) is 0 Å². The zero-order valence-corrected chi connectivity index (χ0v) is 20.9. The van der Waals surface area contributed by atoms with E-state index in [2.05, 4.69) is 76.8 Å². The van der Waals surface area contributed by atoms with E-state index in [1.807, 2.05) is 6.07 Å². The van der Waals surface area contributed by atoms with Crippen LogP contribution in [0.25, 0.3) is 10.8 Å². The molecule has 7 heteroatoms. The predicted molar refractivity (Wildman–Crippen MR) is 144 cm³/mol. The number of rotatable bonds is 6. The van der Waals surface area contributed by atoms with Crippen molar-refractivity contribution in [2.45, 2.75) is 25.8 Å². The lowest BCUT2D eigenvalue weighted by Gasteiger charge is -2.39. The van der Waals surface area contributed by atoms with Gasteiger partial charge in [0.2, 0.25) is 0 Å². The number of anilines is 1. The summed E-state index contributed by atoms with van der Waals surface area (Å²) in [5, 5.41) is 15.4. The van der Waals surface area contributed by atoms with Crippen molar-refractivity contribution in [1.29, 1.82) is 0 Å². The topological polar surface area (TPSA) is 65.9 Å². The summed E-state index contributed by atoms with van der Waals surface area (Å²) in [6, 6.07) is 19.6. The molecule has 0 bridgehead atoms. The van der Waals surface area contributed by atoms with Crippen LogP contribution >= 0.6 is 0 Å². The molecule has 0 spiro atoms. The number of piperazine rings is 1. The number of aliphatic imine (C=N–C) groups is 1. The van der Waals surface area contributed by atoms with Gasteiger partial charge in [-0.25, -0.2) is 4.99 Å². The molecule has 0 aliphatic carbocycles. The number of nitrogens with zero attached hydrogens (tertiary/aromatic N) is 5. The standard InChI is InChI=1S/C29H34N6O/c1-21-15-28(31-18-23(21)17-30-24-19-36-20-24)34-11-13-35(14-12-34)29-26-10-6-5-9-25(26)27(32-33-29)16-22-7-3-2-4-8-22/h2-10,18,21,24,30H,11-17,19-20H2,1H3. The lowest BCUT2D eigenvalue weighted by atomic mass is 9.95. The van der Waals surface area contributed by atoms with Gasteiger partial charge in [-0.3, -0.25) is 0 Å². The first-order valence-electron chi connectivity index (χ1n) is 13.1. The highest BCUT2D eigenvalue weighted by molar-refractivity contribution is 5.93. The van der Waals surface area contributed by atoms with Gasteiger partial charge in [-0.15, -0.1) is 5.10 Å². The van der Waals surface area contributed by atoms with Gasteiger partial charge < -0.3 is 19.9 Å². The van der Waals surface area contributed by atoms with E-state index in [1.54, 1.807) is 0 Å². The number of nitrogens with one attached hydrogen (secondary N) is 1. The van der Waals surface area contributed by atoms with Crippen molar-refractivity contribution >= 4 is 22.4 Å². The highest BCUT2D eigenvalue weighted by atomic mass is 16.5. The molecule has 36 heavy (non-hydrogen) atoms. The van der Waals surface area contributed by atoms with Crippen molar-refractivity contribution < 1.29 is 4.74 Å². The van der Waals surface area contributed by atoms with Crippen LogP contribution in [0.1, 0.15) is 24.6 Å². The second-order valence-corrected chi connectivity index (χ2v) is 10.1. The maximum absolute atomic E-state index is 5.26. The molecule has 3 aromatic rings. The molecule has 1 unspecified atom stereocenters. The van der Waals surface area contributed by atoms with Crippen molar-refractivity contribution in [2.24, 2.45) is 10.9 Å². The summed E-state index contributed by atoms with van der Waals surface area (Å²) in [7, 11) is 0. The molecule has 2 fully saturated rings. The van der Waals surface area contributed by atoms with Gasteiger partial charge in [-0.1, -0.05) is 61.5 Å². The number of fused-ring (bicyclic) bond motifs is 1. The smallest absolute Gasteiger partial charge is 0.159 e. The van der Waals surface area contributed by atoms with Gasteiger partial charge in [0.1, 0.15) is 5.84 Å². The molecule has 0 radical (unpaired) electrons. The average Bonchev–Trinajstić information content (AvgIpc) is 2.90. The van der Waals surface area contributed by atoms with Crippen molar-refractivity contribution in [1.82, 2.24) is 20.4 Å². The fourth-order valence-corrected chi connectivity index (χ4v) is 5.26. The number of hydrogen-bond donors (Lipinski definition) is 1. The average molecular weight is 483 g/mol. The zero-order chi connectivity index (χ0) is 24.3. The Bertz CT molecular complexity index is 1260. The van der Waals surface area contributed by atoms with Gasteiger partial charge in [0.05, 0.1) is 24.9 Å². The molecule has 3 aliphatic heterocycles. The molecule has 2 aromatic carbocycles. The van der Waals surface area contributed by atoms with Gasteiger partial charge in [0.25, 0.3) is 0 Å². The molecule has 1 atom stereocenters. The second-order valence-electron chi connectivity index (χ2n) is 10.1. The molecule has 1 N–H and O–H groups in total. The minimum atomic E-state index is 0.503. The molecule has 2 saturated heterocycles. The Hall–Kier alpha value is -3.29. The van der Waals surface area contributed by atoms with Crippen LogP contribution in [0.15, 0.2) is 71.4 Å². The molecule has 3 aliphatic rings. The summed E-state index contributed by atoms with van der Waals surface area (Å²) in [4.78, 5) is 9.71. The number of hydrogen-bond acceptors (Lipinski definition) is 7. The summed E-state index contributed by atoms with van der Waals surface area (Å²) in [5.41, 5.74) is 3.68. The Labute approximate surface area is 212 Å². The van der Waals surface area contributed by atoms with Gasteiger partial charge >= 0.3 is 0 Å². The SMILES string of the molecule is CC1CC(N2CCN(c3nnc(Cc4ccccc4)c4ccccc34)CC2)=NC=C1CNC1COC1. The van der Waals surface area contributed by atoms with E-state index in [0.717, 1.165) is 70.3 Å². The first-order chi connectivity index (χ1) is 17.7. The lowest BCUT2D eigenvalue weighted by Crippen LogP contribution is -2.50. The van der Waals surface area contributed by atoms with E-state index < -0.39 is 0 Å². The van der Waals surface area contributed by atoms with Crippen LogP contribution < -0.4 is 10.2 Å².